The first-order chi connectivity index (χ1) is 21.3. The third-order valence-corrected chi connectivity index (χ3v) is 9.96. The maximum atomic E-state index is 13.7. The summed E-state index contributed by atoms with van der Waals surface area (Å²) in [5.41, 5.74) is 0.189. The van der Waals surface area contributed by atoms with Crippen LogP contribution >= 0.6 is 11.3 Å². The van der Waals surface area contributed by atoms with E-state index >= 15 is 0 Å². The van der Waals surface area contributed by atoms with Crippen molar-refractivity contribution in [3.8, 4) is 10.4 Å². The molecular weight excluding hydrogens is 629 g/mol. The highest BCUT2D eigenvalue weighted by Gasteiger charge is 2.29. The number of aryl methyl sites for hydroxylation is 1. The molecular formula is C32H46N6O6S2. The van der Waals surface area contributed by atoms with Gasteiger partial charge >= 0.3 is 12.2 Å². The van der Waals surface area contributed by atoms with Crippen molar-refractivity contribution >= 4 is 45.1 Å². The lowest BCUT2D eigenvalue weighted by atomic mass is 9.86. The lowest BCUT2D eigenvalue weighted by Gasteiger charge is -2.28. The molecule has 0 spiro atoms. The van der Waals surface area contributed by atoms with Crippen molar-refractivity contribution in [1.29, 1.82) is 0 Å². The van der Waals surface area contributed by atoms with Crippen LogP contribution in [-0.2, 0) is 19.5 Å². The Bertz CT molecular complexity index is 1660. The van der Waals surface area contributed by atoms with Crippen molar-refractivity contribution in [1.82, 2.24) is 24.8 Å². The van der Waals surface area contributed by atoms with Gasteiger partial charge in [0.1, 0.15) is 5.60 Å². The molecule has 1 aromatic carbocycles. The molecule has 3 aromatic rings. The summed E-state index contributed by atoms with van der Waals surface area (Å²) < 4.78 is 42.1. The lowest BCUT2D eigenvalue weighted by molar-refractivity contribution is 0.0511. The van der Waals surface area contributed by atoms with Crippen molar-refractivity contribution in [3.05, 3.63) is 41.2 Å². The van der Waals surface area contributed by atoms with Crippen LogP contribution in [0.4, 0.5) is 21.1 Å². The van der Waals surface area contributed by atoms with E-state index in [2.05, 4.69) is 20.5 Å². The molecule has 12 nitrogen and oxygen atoms in total. The Morgan fingerprint density at radius 1 is 1.04 bits per heavy atom. The first kappa shape index (κ1) is 35.4. The van der Waals surface area contributed by atoms with Crippen molar-refractivity contribution in [2.75, 3.05) is 5.32 Å². The second-order valence-electron chi connectivity index (χ2n) is 14.0. The zero-order valence-corrected chi connectivity index (χ0v) is 29.7. The molecule has 0 atom stereocenters. The van der Waals surface area contributed by atoms with Crippen LogP contribution < -0.4 is 15.4 Å². The summed E-state index contributed by atoms with van der Waals surface area (Å²) in [5, 5.41) is 11.4. The van der Waals surface area contributed by atoms with Gasteiger partial charge < -0.3 is 20.1 Å². The normalized spacial score (nSPS) is 17.5. The number of rotatable bonds is 8. The maximum absolute atomic E-state index is 13.7. The molecule has 1 saturated carbocycles. The number of ether oxygens (including phenoxy) is 2. The molecule has 2 heterocycles. The van der Waals surface area contributed by atoms with E-state index < -0.39 is 33.3 Å². The number of amides is 1. The molecule has 0 unspecified atom stereocenters. The molecule has 3 N–H and O–H groups in total. The van der Waals surface area contributed by atoms with E-state index in [1.165, 1.54) is 16.0 Å². The SMILES string of the molecule is Cc1cc(Nc2ccc(-c3cnc([C@H]4CC[C@H](NC(=O)OC(C)C)CC4)s3)c(S(=O)(=O)NC(C)(C)C)c2)nn1C(=O)OC(C)(C)C. The fourth-order valence-corrected chi connectivity index (χ4v) is 8.01. The van der Waals surface area contributed by atoms with Crippen LogP contribution in [0.5, 0.6) is 0 Å². The Morgan fingerprint density at radius 2 is 1.72 bits per heavy atom. The van der Waals surface area contributed by atoms with E-state index in [4.69, 9.17) is 14.5 Å². The van der Waals surface area contributed by atoms with Gasteiger partial charge in [0.25, 0.3) is 0 Å². The highest BCUT2D eigenvalue weighted by molar-refractivity contribution is 7.89. The van der Waals surface area contributed by atoms with E-state index in [1.807, 2.05) is 13.8 Å². The summed E-state index contributed by atoms with van der Waals surface area (Å²) in [6.07, 6.45) is 3.89. The third kappa shape index (κ3) is 9.52. The van der Waals surface area contributed by atoms with E-state index in [9.17, 15) is 18.0 Å². The maximum Gasteiger partial charge on any atom is 0.435 e. The minimum Gasteiger partial charge on any atom is -0.447 e. The van der Waals surface area contributed by atoms with Crippen molar-refractivity contribution in [3.63, 3.8) is 0 Å². The monoisotopic (exact) mass is 674 g/mol. The van der Waals surface area contributed by atoms with Crippen LogP contribution in [0.25, 0.3) is 10.4 Å². The molecule has 1 fully saturated rings. The zero-order valence-electron chi connectivity index (χ0n) is 28.1. The largest absolute Gasteiger partial charge is 0.447 e. The number of alkyl carbamates (subject to hydrolysis) is 1. The highest BCUT2D eigenvalue weighted by Crippen LogP contribution is 2.40. The topological polar surface area (TPSA) is 154 Å². The molecule has 46 heavy (non-hydrogen) atoms. The predicted molar refractivity (Wildman–Crippen MR) is 179 cm³/mol. The molecule has 1 aliphatic rings. The fraction of sp³-hybridized carbons (Fsp3) is 0.562. The van der Waals surface area contributed by atoms with Crippen LogP contribution in [0.15, 0.2) is 35.4 Å². The molecule has 1 amide bonds. The first-order valence-electron chi connectivity index (χ1n) is 15.5. The van der Waals surface area contributed by atoms with E-state index in [-0.39, 0.29) is 23.0 Å². The smallest absolute Gasteiger partial charge is 0.435 e. The summed E-state index contributed by atoms with van der Waals surface area (Å²) in [7, 11) is -3.95. The van der Waals surface area contributed by atoms with Crippen LogP contribution in [-0.4, -0.2) is 58.7 Å². The number of hydrogen-bond acceptors (Lipinski definition) is 10. The van der Waals surface area contributed by atoms with E-state index in [0.29, 0.717) is 22.8 Å². The molecule has 0 aliphatic heterocycles. The van der Waals surface area contributed by atoms with Crippen LogP contribution in [0.2, 0.25) is 0 Å². The number of carbonyl (C=O) groups excluding carboxylic acids is 2. The molecule has 14 heteroatoms. The minimum absolute atomic E-state index is 0.0570. The van der Waals surface area contributed by atoms with Gasteiger partial charge in [-0.25, -0.2) is 27.7 Å². The predicted octanol–water partition coefficient (Wildman–Crippen LogP) is 7.08. The summed E-state index contributed by atoms with van der Waals surface area (Å²) in [6, 6.07) is 6.85. The number of sulfonamides is 1. The van der Waals surface area contributed by atoms with E-state index in [0.717, 1.165) is 35.6 Å². The number of thiazole rings is 1. The molecule has 0 radical (unpaired) electrons. The number of nitrogens with one attached hydrogen (secondary N) is 3. The van der Waals surface area contributed by atoms with Gasteiger partial charge in [-0.3, -0.25) is 0 Å². The summed E-state index contributed by atoms with van der Waals surface area (Å²) in [5.74, 6) is 0.584. The second-order valence-corrected chi connectivity index (χ2v) is 16.7. The zero-order chi connectivity index (χ0) is 34.0. The molecule has 2 aromatic heterocycles. The average molecular weight is 675 g/mol. The van der Waals surface area contributed by atoms with Gasteiger partial charge in [-0.1, -0.05) is 6.07 Å². The molecule has 1 aliphatic carbocycles. The van der Waals surface area contributed by atoms with Gasteiger partial charge in [-0.2, -0.15) is 4.68 Å². The van der Waals surface area contributed by atoms with Crippen molar-refractivity contribution < 1.29 is 27.5 Å². The Labute approximate surface area is 275 Å². The van der Waals surface area contributed by atoms with Gasteiger partial charge in [0, 0.05) is 46.7 Å². The summed E-state index contributed by atoms with van der Waals surface area (Å²) >= 11 is 1.48. The number of aromatic nitrogens is 3. The second kappa shape index (κ2) is 13.7. The highest BCUT2D eigenvalue weighted by atomic mass is 32.2. The first-order valence-corrected chi connectivity index (χ1v) is 17.8. The molecule has 0 saturated heterocycles. The fourth-order valence-electron chi connectivity index (χ4n) is 5.16. The molecule has 4 rings (SSSR count). The number of benzene rings is 1. The van der Waals surface area contributed by atoms with Crippen molar-refractivity contribution in [2.45, 2.75) is 122 Å². The average Bonchev–Trinajstić information content (AvgIpc) is 3.53. The molecule has 252 valence electrons. The Kier molecular flexibility index (Phi) is 10.5. The van der Waals surface area contributed by atoms with Crippen molar-refractivity contribution in [2.24, 2.45) is 0 Å². The van der Waals surface area contributed by atoms with Gasteiger partial charge in [0.05, 0.1) is 20.9 Å². The molecule has 0 bridgehead atoms. The summed E-state index contributed by atoms with van der Waals surface area (Å²) in [4.78, 5) is 30.2. The Balaban J connectivity index is 1.58. The minimum atomic E-state index is -3.95. The van der Waals surface area contributed by atoms with Crippen LogP contribution in [0.3, 0.4) is 0 Å². The third-order valence-electron chi connectivity index (χ3n) is 6.97. The summed E-state index contributed by atoms with van der Waals surface area (Å²) in [6.45, 7) is 16.1. The standard InChI is InChI=1S/C32H46N6O6S2/c1-19(2)43-29(39)35-22-12-10-21(11-13-22)28-33-18-25(45-28)24-15-14-23(17-26(24)46(41,42)37-31(4,5)6)34-27-16-20(3)38(36-27)30(40)44-32(7,8)9/h14-19,21-22,37H,10-13H2,1-9H3,(H,34,36)(H,35,39)/t21-,22-. The number of anilines is 2. The van der Waals surface area contributed by atoms with Gasteiger partial charge in [-0.05, 0) is 100 Å². The van der Waals surface area contributed by atoms with Gasteiger partial charge in [0.2, 0.25) is 10.0 Å². The number of carbonyl (C=O) groups is 2. The van der Waals surface area contributed by atoms with E-state index in [1.54, 1.807) is 78.9 Å². The van der Waals surface area contributed by atoms with Gasteiger partial charge in [-0.15, -0.1) is 16.4 Å². The van der Waals surface area contributed by atoms with Crippen LogP contribution in [0.1, 0.15) is 97.7 Å². The lowest BCUT2D eigenvalue weighted by Crippen LogP contribution is -2.40. The van der Waals surface area contributed by atoms with Gasteiger partial charge in [0.15, 0.2) is 5.82 Å². The Morgan fingerprint density at radius 3 is 2.33 bits per heavy atom. The number of nitrogens with zero attached hydrogens (tertiary/aromatic N) is 3. The van der Waals surface area contributed by atoms with Crippen LogP contribution in [0, 0.1) is 6.92 Å². The quantitative estimate of drug-likeness (QED) is 0.227. The Hall–Kier alpha value is -3.49. The number of hydrogen-bond donors (Lipinski definition) is 3.